The first-order valence-corrected chi connectivity index (χ1v) is 6.35. The quantitative estimate of drug-likeness (QED) is 0.446. The molecule has 0 radical (unpaired) electrons. The zero-order chi connectivity index (χ0) is 13.7. The van der Waals surface area contributed by atoms with Gasteiger partial charge in [-0.3, -0.25) is 4.79 Å². The second kappa shape index (κ2) is 6.14. The van der Waals surface area contributed by atoms with E-state index in [9.17, 15) is 9.59 Å². The van der Waals surface area contributed by atoms with Crippen LogP contribution in [0.4, 0.5) is 0 Å². The van der Waals surface area contributed by atoms with Gasteiger partial charge in [-0.25, -0.2) is 0 Å². The topological polar surface area (TPSA) is 43.4 Å². The van der Waals surface area contributed by atoms with Crippen LogP contribution < -0.4 is 0 Å². The number of ether oxygens (including phenoxy) is 1. The minimum Gasteiger partial charge on any atom is -0.493 e. The first-order valence-electron chi connectivity index (χ1n) is 6.35. The first kappa shape index (κ1) is 13.3. The summed E-state index contributed by atoms with van der Waals surface area (Å²) in [6, 6.07) is 7.36. The highest BCUT2D eigenvalue weighted by Crippen LogP contribution is 2.29. The molecule has 0 aromatic heterocycles. The van der Waals surface area contributed by atoms with Gasteiger partial charge in [-0.15, -0.1) is 0 Å². The fourth-order valence-corrected chi connectivity index (χ4v) is 2.00. The van der Waals surface area contributed by atoms with Gasteiger partial charge in [-0.1, -0.05) is 30.8 Å². The van der Waals surface area contributed by atoms with Crippen LogP contribution >= 0.6 is 0 Å². The third-order valence-corrected chi connectivity index (χ3v) is 3.01. The van der Waals surface area contributed by atoms with Gasteiger partial charge < -0.3 is 9.53 Å². The van der Waals surface area contributed by atoms with Crippen molar-refractivity contribution in [1.82, 2.24) is 0 Å². The van der Waals surface area contributed by atoms with Gasteiger partial charge in [0, 0.05) is 23.1 Å². The van der Waals surface area contributed by atoms with E-state index in [4.69, 9.17) is 4.74 Å². The van der Waals surface area contributed by atoms with Crippen LogP contribution in [0.1, 0.15) is 35.2 Å². The number of carbonyl (C=O) groups excluding carboxylic acids is 2. The lowest BCUT2D eigenvalue weighted by atomic mass is 9.92. The molecule has 0 N–H and O–H groups in total. The van der Waals surface area contributed by atoms with Crippen LogP contribution in [0, 0.1) is 0 Å². The molecule has 3 nitrogen and oxygen atoms in total. The maximum Gasteiger partial charge on any atom is 0.193 e. The number of ketones is 1. The summed E-state index contributed by atoms with van der Waals surface area (Å²) in [5.74, 6) is 0.634. The fourth-order valence-electron chi connectivity index (χ4n) is 2.00. The van der Waals surface area contributed by atoms with E-state index in [2.05, 4.69) is 6.58 Å². The molecule has 98 valence electrons. The lowest BCUT2D eigenvalue weighted by Gasteiger charge is -2.18. The molecule has 2 rings (SSSR count). The Morgan fingerprint density at radius 1 is 1.16 bits per heavy atom. The van der Waals surface area contributed by atoms with E-state index in [1.807, 2.05) is 18.2 Å². The monoisotopic (exact) mass is 256 g/mol. The average Bonchev–Trinajstić information content (AvgIpc) is 2.44. The highest BCUT2D eigenvalue weighted by Gasteiger charge is 2.22. The van der Waals surface area contributed by atoms with E-state index in [1.165, 1.54) is 0 Å². The number of fused-ring (bicyclic) bond motifs is 1. The number of benzene rings is 1. The van der Waals surface area contributed by atoms with Gasteiger partial charge in [-0.05, 0) is 18.9 Å². The van der Waals surface area contributed by atoms with Crippen LogP contribution in [0.25, 0.3) is 5.76 Å². The number of aldehydes is 1. The van der Waals surface area contributed by atoms with Crippen LogP contribution in [0.5, 0.6) is 0 Å². The van der Waals surface area contributed by atoms with Gasteiger partial charge in [0.1, 0.15) is 12.0 Å². The smallest absolute Gasteiger partial charge is 0.193 e. The molecule has 0 heterocycles. The van der Waals surface area contributed by atoms with E-state index in [-0.39, 0.29) is 5.78 Å². The SMILES string of the molecule is C=C1C=C(OCCCCC=O)c2ccccc2C1=O. The van der Waals surface area contributed by atoms with Crippen molar-refractivity contribution in [2.75, 3.05) is 6.61 Å². The summed E-state index contributed by atoms with van der Waals surface area (Å²) < 4.78 is 5.71. The number of hydrogen-bond acceptors (Lipinski definition) is 3. The zero-order valence-corrected chi connectivity index (χ0v) is 10.7. The maximum atomic E-state index is 11.9. The standard InChI is InChI=1S/C16H16O3/c1-12-11-15(19-10-6-2-5-9-17)13-7-3-4-8-14(13)16(12)18/h3-4,7-9,11H,1-2,5-6,10H2. The molecule has 0 amide bonds. The largest absolute Gasteiger partial charge is 0.493 e. The van der Waals surface area contributed by atoms with Crippen LogP contribution in [0.2, 0.25) is 0 Å². The molecule has 0 fully saturated rings. The highest BCUT2D eigenvalue weighted by molar-refractivity contribution is 6.15. The Labute approximate surface area is 112 Å². The van der Waals surface area contributed by atoms with Crippen LogP contribution in [0.15, 0.2) is 42.5 Å². The molecule has 0 saturated heterocycles. The van der Waals surface area contributed by atoms with E-state index in [0.717, 1.165) is 24.7 Å². The minimum atomic E-state index is -0.0519. The van der Waals surface area contributed by atoms with E-state index in [1.54, 1.807) is 12.1 Å². The van der Waals surface area contributed by atoms with Crippen molar-refractivity contribution < 1.29 is 14.3 Å². The number of allylic oxidation sites excluding steroid dienone is 2. The molecule has 0 spiro atoms. The third kappa shape index (κ3) is 2.99. The zero-order valence-electron chi connectivity index (χ0n) is 10.7. The Bertz CT molecular complexity index is 541. The average molecular weight is 256 g/mol. The molecule has 1 aliphatic carbocycles. The second-order valence-electron chi connectivity index (χ2n) is 4.42. The van der Waals surface area contributed by atoms with Gasteiger partial charge in [0.15, 0.2) is 5.78 Å². The predicted molar refractivity (Wildman–Crippen MR) is 73.8 cm³/mol. The Balaban J connectivity index is 2.08. The van der Waals surface area contributed by atoms with Crippen molar-refractivity contribution in [2.45, 2.75) is 19.3 Å². The number of hydrogen-bond donors (Lipinski definition) is 0. The van der Waals surface area contributed by atoms with E-state index >= 15 is 0 Å². The molecular weight excluding hydrogens is 240 g/mol. The van der Waals surface area contributed by atoms with Crippen molar-refractivity contribution in [2.24, 2.45) is 0 Å². The summed E-state index contributed by atoms with van der Waals surface area (Å²) in [6.07, 6.45) is 4.79. The first-order chi connectivity index (χ1) is 9.24. The molecule has 0 aliphatic heterocycles. The highest BCUT2D eigenvalue weighted by atomic mass is 16.5. The van der Waals surface area contributed by atoms with Gasteiger partial charge in [0.25, 0.3) is 0 Å². The van der Waals surface area contributed by atoms with Gasteiger partial charge in [0.05, 0.1) is 6.61 Å². The molecule has 0 unspecified atom stereocenters. The van der Waals surface area contributed by atoms with Crippen molar-refractivity contribution in [3.05, 3.63) is 53.6 Å². The fraction of sp³-hybridized carbons (Fsp3) is 0.250. The van der Waals surface area contributed by atoms with Crippen molar-refractivity contribution in [1.29, 1.82) is 0 Å². The Morgan fingerprint density at radius 2 is 1.89 bits per heavy atom. The molecular formula is C16H16O3. The van der Waals surface area contributed by atoms with Crippen LogP contribution in [0.3, 0.4) is 0 Å². The third-order valence-electron chi connectivity index (χ3n) is 3.01. The van der Waals surface area contributed by atoms with Crippen molar-refractivity contribution in [3.63, 3.8) is 0 Å². The molecule has 0 saturated carbocycles. The summed E-state index contributed by atoms with van der Waals surface area (Å²) in [5.41, 5.74) is 1.90. The molecule has 3 heteroatoms. The van der Waals surface area contributed by atoms with Crippen molar-refractivity contribution in [3.8, 4) is 0 Å². The molecule has 0 atom stereocenters. The Hall–Kier alpha value is -2.16. The summed E-state index contributed by atoms with van der Waals surface area (Å²) in [6.45, 7) is 4.29. The summed E-state index contributed by atoms with van der Waals surface area (Å²) in [5, 5.41) is 0. The molecule has 0 bridgehead atoms. The summed E-state index contributed by atoms with van der Waals surface area (Å²) in [4.78, 5) is 22.1. The van der Waals surface area contributed by atoms with E-state index in [0.29, 0.717) is 29.9 Å². The van der Waals surface area contributed by atoms with Crippen LogP contribution in [-0.2, 0) is 9.53 Å². The van der Waals surface area contributed by atoms with Gasteiger partial charge in [-0.2, -0.15) is 0 Å². The summed E-state index contributed by atoms with van der Waals surface area (Å²) >= 11 is 0. The second-order valence-corrected chi connectivity index (χ2v) is 4.42. The summed E-state index contributed by atoms with van der Waals surface area (Å²) in [7, 11) is 0. The predicted octanol–water partition coefficient (Wildman–Crippen LogP) is 3.17. The maximum absolute atomic E-state index is 11.9. The molecule has 19 heavy (non-hydrogen) atoms. The molecule has 1 aromatic carbocycles. The van der Waals surface area contributed by atoms with E-state index < -0.39 is 0 Å². The number of unbranched alkanes of at least 4 members (excludes halogenated alkanes) is 2. The van der Waals surface area contributed by atoms with Crippen molar-refractivity contribution >= 4 is 17.8 Å². The Kier molecular flexibility index (Phi) is 4.29. The normalized spacial score (nSPS) is 13.8. The Morgan fingerprint density at radius 3 is 2.63 bits per heavy atom. The lowest BCUT2D eigenvalue weighted by Crippen LogP contribution is -2.11. The van der Waals surface area contributed by atoms with Gasteiger partial charge in [0.2, 0.25) is 0 Å². The molecule has 1 aromatic rings. The molecule has 1 aliphatic rings. The number of rotatable bonds is 6. The van der Waals surface area contributed by atoms with Gasteiger partial charge >= 0.3 is 0 Å². The minimum absolute atomic E-state index is 0.0519. The number of carbonyl (C=O) groups is 2. The van der Waals surface area contributed by atoms with Crippen LogP contribution in [-0.4, -0.2) is 18.7 Å². The number of Topliss-reactive ketones (excluding diaryl/α,β-unsaturated/α-hetero) is 1. The lowest BCUT2D eigenvalue weighted by molar-refractivity contribution is -0.107.